The van der Waals surface area contributed by atoms with Gasteiger partial charge in [0.25, 0.3) is 0 Å². The van der Waals surface area contributed by atoms with Gasteiger partial charge in [0.2, 0.25) is 5.82 Å². The molecule has 3 rings (SSSR count). The van der Waals surface area contributed by atoms with Crippen LogP contribution in [-0.2, 0) is 0 Å². The van der Waals surface area contributed by atoms with Crippen molar-refractivity contribution in [3.05, 3.63) is 24.3 Å². The van der Waals surface area contributed by atoms with Crippen molar-refractivity contribution in [3.63, 3.8) is 0 Å². The van der Waals surface area contributed by atoms with Gasteiger partial charge in [0.1, 0.15) is 5.75 Å². The number of anilines is 1. The molecule has 2 aromatic rings. The van der Waals surface area contributed by atoms with Crippen molar-refractivity contribution in [2.75, 3.05) is 12.4 Å². The number of rotatable bonds is 4. The van der Waals surface area contributed by atoms with Gasteiger partial charge in [-0.1, -0.05) is 17.3 Å². The number of hydrogen-bond donors (Lipinski definition) is 1. The number of para-hydroxylation sites is 1. The first-order valence-electron chi connectivity index (χ1n) is 5.60. The van der Waals surface area contributed by atoms with Crippen LogP contribution in [0.25, 0.3) is 11.4 Å². The minimum Gasteiger partial charge on any atom is -0.496 e. The van der Waals surface area contributed by atoms with E-state index in [1.807, 2.05) is 24.3 Å². The standard InChI is InChI=1S/C12H13N3O2/c1-16-10-5-3-2-4-9(10)11-14-12(17-15-11)13-8-6-7-8/h2-5,8H,6-7H2,1H3,(H,13,14,15). The number of methoxy groups -OCH3 is 1. The van der Waals surface area contributed by atoms with E-state index in [4.69, 9.17) is 9.26 Å². The van der Waals surface area contributed by atoms with Crippen LogP contribution in [0.2, 0.25) is 0 Å². The van der Waals surface area contributed by atoms with E-state index in [0.29, 0.717) is 17.9 Å². The van der Waals surface area contributed by atoms with E-state index in [1.165, 1.54) is 12.8 Å². The van der Waals surface area contributed by atoms with E-state index >= 15 is 0 Å². The van der Waals surface area contributed by atoms with Crippen molar-refractivity contribution in [2.24, 2.45) is 0 Å². The van der Waals surface area contributed by atoms with E-state index in [2.05, 4.69) is 15.5 Å². The van der Waals surface area contributed by atoms with Crippen LogP contribution >= 0.6 is 0 Å². The normalized spacial score (nSPS) is 14.6. The SMILES string of the molecule is COc1ccccc1-c1noc(NC2CC2)n1. The third-order valence-electron chi connectivity index (χ3n) is 2.68. The van der Waals surface area contributed by atoms with E-state index < -0.39 is 0 Å². The lowest BCUT2D eigenvalue weighted by Crippen LogP contribution is -2.00. The molecule has 0 bridgehead atoms. The lowest BCUT2D eigenvalue weighted by Gasteiger charge is -2.02. The predicted octanol–water partition coefficient (Wildman–Crippen LogP) is 2.32. The molecule has 17 heavy (non-hydrogen) atoms. The van der Waals surface area contributed by atoms with Crippen LogP contribution in [0.4, 0.5) is 6.01 Å². The summed E-state index contributed by atoms with van der Waals surface area (Å²) in [6, 6.07) is 8.59. The fourth-order valence-electron chi connectivity index (χ4n) is 1.62. The van der Waals surface area contributed by atoms with Crippen LogP contribution in [0.1, 0.15) is 12.8 Å². The summed E-state index contributed by atoms with van der Waals surface area (Å²) in [4.78, 5) is 4.30. The van der Waals surface area contributed by atoms with Gasteiger partial charge in [-0.15, -0.1) is 0 Å². The molecule has 0 saturated heterocycles. The highest BCUT2D eigenvalue weighted by Crippen LogP contribution is 2.29. The Kier molecular flexibility index (Phi) is 2.44. The maximum Gasteiger partial charge on any atom is 0.322 e. The molecule has 1 aromatic carbocycles. The van der Waals surface area contributed by atoms with Gasteiger partial charge in [-0.25, -0.2) is 0 Å². The monoisotopic (exact) mass is 231 g/mol. The molecule has 0 unspecified atom stereocenters. The molecule has 5 nitrogen and oxygen atoms in total. The predicted molar refractivity (Wildman–Crippen MR) is 62.9 cm³/mol. The topological polar surface area (TPSA) is 60.2 Å². The first-order valence-corrected chi connectivity index (χ1v) is 5.60. The van der Waals surface area contributed by atoms with E-state index in [9.17, 15) is 0 Å². The van der Waals surface area contributed by atoms with Crippen LogP contribution in [0.15, 0.2) is 28.8 Å². The summed E-state index contributed by atoms with van der Waals surface area (Å²) in [7, 11) is 1.63. The number of hydrogen-bond acceptors (Lipinski definition) is 5. The fourth-order valence-corrected chi connectivity index (χ4v) is 1.62. The highest BCUT2D eigenvalue weighted by atomic mass is 16.5. The van der Waals surface area contributed by atoms with Gasteiger partial charge in [-0.3, -0.25) is 0 Å². The molecule has 1 aliphatic carbocycles. The molecule has 1 aromatic heterocycles. The summed E-state index contributed by atoms with van der Waals surface area (Å²) in [5, 5.41) is 7.11. The van der Waals surface area contributed by atoms with Gasteiger partial charge in [-0.2, -0.15) is 4.98 Å². The summed E-state index contributed by atoms with van der Waals surface area (Å²) in [6.45, 7) is 0. The quantitative estimate of drug-likeness (QED) is 0.875. The van der Waals surface area contributed by atoms with Crippen molar-refractivity contribution in [2.45, 2.75) is 18.9 Å². The number of nitrogens with zero attached hydrogens (tertiary/aromatic N) is 2. The van der Waals surface area contributed by atoms with Gasteiger partial charge >= 0.3 is 6.01 Å². The molecule has 1 fully saturated rings. The Labute approximate surface area is 98.8 Å². The third-order valence-corrected chi connectivity index (χ3v) is 2.68. The van der Waals surface area contributed by atoms with Crippen molar-refractivity contribution in [1.29, 1.82) is 0 Å². The number of ether oxygens (including phenoxy) is 1. The molecule has 0 radical (unpaired) electrons. The highest BCUT2D eigenvalue weighted by molar-refractivity contribution is 5.64. The second-order valence-electron chi connectivity index (χ2n) is 4.04. The molecular formula is C12H13N3O2. The van der Waals surface area contributed by atoms with Crippen molar-refractivity contribution >= 4 is 6.01 Å². The minimum atomic E-state index is 0.480. The lowest BCUT2D eigenvalue weighted by atomic mass is 10.2. The van der Waals surface area contributed by atoms with Gasteiger partial charge in [0.15, 0.2) is 0 Å². The average Bonchev–Trinajstić information content (AvgIpc) is 3.05. The van der Waals surface area contributed by atoms with Gasteiger partial charge in [0.05, 0.1) is 12.7 Å². The average molecular weight is 231 g/mol. The number of benzene rings is 1. The Morgan fingerprint density at radius 3 is 2.94 bits per heavy atom. The molecule has 88 valence electrons. The fraction of sp³-hybridized carbons (Fsp3) is 0.333. The van der Waals surface area contributed by atoms with Crippen molar-refractivity contribution in [1.82, 2.24) is 10.1 Å². The van der Waals surface area contributed by atoms with Gasteiger partial charge in [0, 0.05) is 6.04 Å². The lowest BCUT2D eigenvalue weighted by molar-refractivity contribution is 0.413. The maximum atomic E-state index is 5.26. The largest absolute Gasteiger partial charge is 0.496 e. The molecule has 0 spiro atoms. The molecule has 0 atom stereocenters. The minimum absolute atomic E-state index is 0.480. The zero-order valence-corrected chi connectivity index (χ0v) is 9.51. The molecule has 1 N–H and O–H groups in total. The molecule has 0 amide bonds. The Morgan fingerprint density at radius 2 is 2.18 bits per heavy atom. The first-order chi connectivity index (χ1) is 8.36. The van der Waals surface area contributed by atoms with Crippen molar-refractivity contribution < 1.29 is 9.26 Å². The Bertz CT molecular complexity index is 520. The summed E-state index contributed by atoms with van der Waals surface area (Å²) >= 11 is 0. The highest BCUT2D eigenvalue weighted by Gasteiger charge is 2.23. The Balaban J connectivity index is 1.88. The van der Waals surface area contributed by atoms with Crippen LogP contribution in [0.3, 0.4) is 0 Å². The van der Waals surface area contributed by atoms with Crippen LogP contribution < -0.4 is 10.1 Å². The number of aromatic nitrogens is 2. The summed E-state index contributed by atoms with van der Waals surface area (Å²) in [5.74, 6) is 1.29. The van der Waals surface area contributed by atoms with Gasteiger partial charge in [-0.05, 0) is 25.0 Å². The smallest absolute Gasteiger partial charge is 0.322 e. The molecule has 5 heteroatoms. The first kappa shape index (κ1) is 10.1. The Hall–Kier alpha value is -2.04. The summed E-state index contributed by atoms with van der Waals surface area (Å²) in [6.07, 6.45) is 2.35. The molecule has 1 aliphatic rings. The molecule has 1 heterocycles. The molecule has 0 aliphatic heterocycles. The summed E-state index contributed by atoms with van der Waals surface area (Å²) < 4.78 is 10.4. The second-order valence-corrected chi connectivity index (χ2v) is 4.04. The van der Waals surface area contributed by atoms with Gasteiger partial charge < -0.3 is 14.6 Å². The zero-order chi connectivity index (χ0) is 11.7. The summed E-state index contributed by atoms with van der Waals surface area (Å²) in [5.41, 5.74) is 0.836. The van der Waals surface area contributed by atoms with E-state index in [-0.39, 0.29) is 0 Å². The number of nitrogens with one attached hydrogen (secondary N) is 1. The van der Waals surface area contributed by atoms with Crippen molar-refractivity contribution in [3.8, 4) is 17.1 Å². The van der Waals surface area contributed by atoms with Crippen LogP contribution in [0.5, 0.6) is 5.75 Å². The maximum absolute atomic E-state index is 5.26. The molecule has 1 saturated carbocycles. The zero-order valence-electron chi connectivity index (χ0n) is 9.51. The van der Waals surface area contributed by atoms with E-state index in [1.54, 1.807) is 7.11 Å². The second kappa shape index (κ2) is 4.08. The van der Waals surface area contributed by atoms with Crippen LogP contribution in [-0.4, -0.2) is 23.3 Å². The third kappa shape index (κ3) is 2.08. The van der Waals surface area contributed by atoms with Crippen LogP contribution in [0, 0.1) is 0 Å². The van der Waals surface area contributed by atoms with E-state index in [0.717, 1.165) is 11.3 Å². The molecular weight excluding hydrogens is 218 g/mol. The Morgan fingerprint density at radius 1 is 1.35 bits per heavy atom.